The fourth-order valence-electron chi connectivity index (χ4n) is 1.37. The molecule has 2 aromatic rings. The van der Waals surface area contributed by atoms with Crippen molar-refractivity contribution in [3.05, 3.63) is 60.2 Å². The van der Waals surface area contributed by atoms with Gasteiger partial charge >= 0.3 is 0 Å². The Morgan fingerprint density at radius 2 is 1.41 bits per heavy atom. The number of benzene rings is 2. The minimum atomic E-state index is 0.0842. The van der Waals surface area contributed by atoms with E-state index in [-0.39, 0.29) is 3.74 Å². The van der Waals surface area contributed by atoms with E-state index >= 15 is 0 Å². The Morgan fingerprint density at radius 3 is 2.12 bits per heavy atom. The van der Waals surface area contributed by atoms with E-state index in [1.165, 1.54) is 0 Å². The van der Waals surface area contributed by atoms with Gasteiger partial charge in [-0.2, -0.15) is 10.2 Å². The fraction of sp³-hybridized carbons (Fsp3) is 0.0769. The predicted octanol–water partition coefficient (Wildman–Crippen LogP) is 5.89. The lowest BCUT2D eigenvalue weighted by atomic mass is 10.2. The fourth-order valence-corrected chi connectivity index (χ4v) is 2.14. The molecule has 0 aliphatic heterocycles. The summed E-state index contributed by atoms with van der Waals surface area (Å²) in [6.45, 7) is 0. The molecule has 0 bridgehead atoms. The molecule has 17 heavy (non-hydrogen) atoms. The summed E-state index contributed by atoms with van der Waals surface area (Å²) in [7, 11) is 0. The Morgan fingerprint density at radius 1 is 0.765 bits per heavy atom. The van der Waals surface area contributed by atoms with Crippen LogP contribution in [-0.4, -0.2) is 0 Å². The second-order valence-corrected chi connectivity index (χ2v) is 6.46. The van der Waals surface area contributed by atoms with Crippen LogP contribution in [0.25, 0.3) is 0 Å². The topological polar surface area (TPSA) is 24.7 Å². The van der Waals surface area contributed by atoms with Gasteiger partial charge in [0.1, 0.15) is 0 Å². The Bertz CT molecular complexity index is 510. The van der Waals surface area contributed by atoms with E-state index in [0.29, 0.717) is 0 Å². The second kappa shape index (κ2) is 6.07. The van der Waals surface area contributed by atoms with Gasteiger partial charge in [-0.15, -0.1) is 0 Å². The number of azo groups is 1. The molecule has 0 amide bonds. The monoisotopic (exact) mass is 352 g/mol. The smallest absolute Gasteiger partial charge is 0.0967 e. The zero-order chi connectivity index (χ0) is 12.1. The van der Waals surface area contributed by atoms with Crippen LogP contribution in [0, 0.1) is 0 Å². The van der Waals surface area contributed by atoms with Crippen LogP contribution in [0.3, 0.4) is 0 Å². The summed E-state index contributed by atoms with van der Waals surface area (Å²) in [5.74, 6) is 0. The zero-order valence-corrected chi connectivity index (χ0v) is 12.1. The number of alkyl halides is 2. The SMILES string of the molecule is BrC(Br)c1ccccc1N=Nc1ccccc1. The van der Waals surface area contributed by atoms with Gasteiger partial charge in [0.25, 0.3) is 0 Å². The minimum Gasteiger partial charge on any atom is -0.151 e. The van der Waals surface area contributed by atoms with Gasteiger partial charge in [0.05, 0.1) is 15.1 Å². The van der Waals surface area contributed by atoms with Gasteiger partial charge in [-0.3, -0.25) is 0 Å². The molecule has 0 atom stereocenters. The number of rotatable bonds is 3. The van der Waals surface area contributed by atoms with Crippen molar-refractivity contribution in [2.45, 2.75) is 3.74 Å². The molecule has 0 N–H and O–H groups in total. The van der Waals surface area contributed by atoms with Crippen molar-refractivity contribution >= 4 is 43.2 Å². The van der Waals surface area contributed by atoms with Crippen LogP contribution in [0.5, 0.6) is 0 Å². The molecular formula is C13H10Br2N2. The molecule has 0 aromatic heterocycles. The van der Waals surface area contributed by atoms with Gasteiger partial charge in [-0.1, -0.05) is 68.3 Å². The molecule has 0 saturated heterocycles. The van der Waals surface area contributed by atoms with Gasteiger partial charge in [0.15, 0.2) is 0 Å². The first kappa shape index (κ1) is 12.5. The first-order valence-electron chi connectivity index (χ1n) is 5.11. The van der Waals surface area contributed by atoms with E-state index in [1.54, 1.807) is 0 Å². The van der Waals surface area contributed by atoms with Crippen molar-refractivity contribution in [3.8, 4) is 0 Å². The van der Waals surface area contributed by atoms with E-state index in [9.17, 15) is 0 Å². The summed E-state index contributed by atoms with van der Waals surface area (Å²) in [5.41, 5.74) is 2.77. The molecule has 0 spiro atoms. The quantitative estimate of drug-likeness (QED) is 0.485. The lowest BCUT2D eigenvalue weighted by Gasteiger charge is -2.04. The van der Waals surface area contributed by atoms with Gasteiger partial charge in [0.2, 0.25) is 0 Å². The molecule has 2 nitrogen and oxygen atoms in total. The standard InChI is InChI=1S/C13H10Br2N2/c14-13(15)11-8-4-5-9-12(11)17-16-10-6-2-1-3-7-10/h1-9,13H. The molecule has 0 radical (unpaired) electrons. The predicted molar refractivity (Wildman–Crippen MR) is 77.7 cm³/mol. The zero-order valence-electron chi connectivity index (χ0n) is 8.92. The molecule has 2 aromatic carbocycles. The van der Waals surface area contributed by atoms with E-state index in [1.807, 2.05) is 54.6 Å². The van der Waals surface area contributed by atoms with Crippen LogP contribution in [0.2, 0.25) is 0 Å². The van der Waals surface area contributed by atoms with Gasteiger partial charge in [-0.25, -0.2) is 0 Å². The maximum absolute atomic E-state index is 4.26. The molecule has 4 heteroatoms. The van der Waals surface area contributed by atoms with Gasteiger partial charge in [-0.05, 0) is 18.2 Å². The Hall–Kier alpha value is -1.00. The summed E-state index contributed by atoms with van der Waals surface area (Å²) < 4.78 is 0.0842. The average molecular weight is 354 g/mol. The van der Waals surface area contributed by atoms with Crippen molar-refractivity contribution < 1.29 is 0 Å². The van der Waals surface area contributed by atoms with Crippen molar-refractivity contribution in [1.82, 2.24) is 0 Å². The highest BCUT2D eigenvalue weighted by atomic mass is 79.9. The first-order chi connectivity index (χ1) is 8.27. The third-order valence-corrected chi connectivity index (χ3v) is 3.19. The number of hydrogen-bond donors (Lipinski definition) is 0. The maximum atomic E-state index is 4.26. The van der Waals surface area contributed by atoms with E-state index in [2.05, 4.69) is 42.1 Å². The summed E-state index contributed by atoms with van der Waals surface area (Å²) in [5, 5.41) is 8.47. The molecule has 0 saturated carbocycles. The first-order valence-corrected chi connectivity index (χ1v) is 6.94. The van der Waals surface area contributed by atoms with E-state index in [0.717, 1.165) is 16.9 Å². The highest BCUT2D eigenvalue weighted by Gasteiger charge is 2.07. The van der Waals surface area contributed by atoms with E-state index in [4.69, 9.17) is 0 Å². The summed E-state index contributed by atoms with van der Waals surface area (Å²) >= 11 is 6.95. The number of nitrogens with zero attached hydrogens (tertiary/aromatic N) is 2. The molecule has 0 unspecified atom stereocenters. The second-order valence-electron chi connectivity index (χ2n) is 3.40. The minimum absolute atomic E-state index is 0.0842. The summed E-state index contributed by atoms with van der Waals surface area (Å²) in [6, 6.07) is 17.6. The van der Waals surface area contributed by atoms with Crippen molar-refractivity contribution in [2.75, 3.05) is 0 Å². The van der Waals surface area contributed by atoms with Crippen LogP contribution < -0.4 is 0 Å². The van der Waals surface area contributed by atoms with Crippen LogP contribution in [-0.2, 0) is 0 Å². The van der Waals surface area contributed by atoms with Crippen LogP contribution in [0.15, 0.2) is 64.8 Å². The van der Waals surface area contributed by atoms with Gasteiger partial charge < -0.3 is 0 Å². The number of hydrogen-bond acceptors (Lipinski definition) is 2. The lowest BCUT2D eigenvalue weighted by Crippen LogP contribution is -1.80. The Balaban J connectivity index is 2.27. The molecule has 0 aliphatic rings. The largest absolute Gasteiger partial charge is 0.151 e. The molecule has 0 heterocycles. The summed E-state index contributed by atoms with van der Waals surface area (Å²) in [6.07, 6.45) is 0. The van der Waals surface area contributed by atoms with Crippen molar-refractivity contribution in [1.29, 1.82) is 0 Å². The highest BCUT2D eigenvalue weighted by molar-refractivity contribution is 9.24. The normalized spacial score (nSPS) is 11.2. The lowest BCUT2D eigenvalue weighted by molar-refractivity contribution is 1.20. The number of halogens is 2. The average Bonchev–Trinajstić information content (AvgIpc) is 2.38. The molecule has 0 fully saturated rings. The Kier molecular flexibility index (Phi) is 4.45. The highest BCUT2D eigenvalue weighted by Crippen LogP contribution is 2.36. The van der Waals surface area contributed by atoms with Gasteiger partial charge in [0, 0.05) is 5.56 Å². The Labute approximate surface area is 117 Å². The molecule has 2 rings (SSSR count). The van der Waals surface area contributed by atoms with Crippen LogP contribution >= 0.6 is 31.9 Å². The molecule has 0 aliphatic carbocycles. The van der Waals surface area contributed by atoms with Crippen LogP contribution in [0.4, 0.5) is 11.4 Å². The van der Waals surface area contributed by atoms with Crippen molar-refractivity contribution in [2.24, 2.45) is 10.2 Å². The maximum Gasteiger partial charge on any atom is 0.0967 e. The van der Waals surface area contributed by atoms with Crippen LogP contribution in [0.1, 0.15) is 9.30 Å². The summed E-state index contributed by atoms with van der Waals surface area (Å²) in [4.78, 5) is 0. The van der Waals surface area contributed by atoms with E-state index < -0.39 is 0 Å². The third kappa shape index (κ3) is 3.48. The third-order valence-electron chi connectivity index (χ3n) is 2.20. The molecular weight excluding hydrogens is 344 g/mol. The molecule has 86 valence electrons. The van der Waals surface area contributed by atoms with Crippen molar-refractivity contribution in [3.63, 3.8) is 0 Å².